The average molecular weight is 241 g/mol. The van der Waals surface area contributed by atoms with Crippen molar-refractivity contribution in [2.45, 2.75) is 24.8 Å². The average Bonchev–Trinajstić information content (AvgIpc) is 2.21. The predicted molar refractivity (Wildman–Crippen MR) is 67.0 cm³/mol. The van der Waals surface area contributed by atoms with Crippen LogP contribution in [0.25, 0.3) is 0 Å². The summed E-state index contributed by atoms with van der Waals surface area (Å²) in [7, 11) is 0.556. The summed E-state index contributed by atoms with van der Waals surface area (Å²) >= 11 is 0. The maximum atomic E-state index is 12.1. The van der Waals surface area contributed by atoms with E-state index in [0.717, 1.165) is 16.0 Å². The summed E-state index contributed by atoms with van der Waals surface area (Å²) in [6.45, 7) is 4.40. The summed E-state index contributed by atoms with van der Waals surface area (Å²) < 4.78 is 17.0. The molecule has 3 nitrogen and oxygen atoms in total. The summed E-state index contributed by atoms with van der Waals surface area (Å²) in [6, 6.07) is 5.80. The second kappa shape index (κ2) is 6.13. The maximum Gasteiger partial charge on any atom is 0.0622 e. The molecule has 0 spiro atoms. The Morgan fingerprint density at radius 3 is 2.75 bits per heavy atom. The van der Waals surface area contributed by atoms with Gasteiger partial charge in [-0.15, -0.1) is 0 Å². The fourth-order valence-corrected chi connectivity index (χ4v) is 2.91. The zero-order chi connectivity index (χ0) is 12.1. The van der Waals surface area contributed by atoms with Crippen LogP contribution in [0.3, 0.4) is 0 Å². The minimum Gasteiger partial charge on any atom is -0.383 e. The minimum atomic E-state index is -1.04. The molecule has 1 rings (SSSR count). The lowest BCUT2D eigenvalue weighted by Crippen LogP contribution is -2.31. The molecule has 16 heavy (non-hydrogen) atoms. The Morgan fingerprint density at radius 2 is 2.12 bits per heavy atom. The van der Waals surface area contributed by atoms with Gasteiger partial charge in [0.25, 0.3) is 0 Å². The Morgan fingerprint density at radius 1 is 1.44 bits per heavy atom. The highest BCUT2D eigenvalue weighted by atomic mass is 32.2. The van der Waals surface area contributed by atoms with Gasteiger partial charge in [-0.3, -0.25) is 4.21 Å². The first-order valence-electron chi connectivity index (χ1n) is 5.24. The topological polar surface area (TPSA) is 52.3 Å². The van der Waals surface area contributed by atoms with Crippen LogP contribution in [0.1, 0.15) is 11.1 Å². The summed E-state index contributed by atoms with van der Waals surface area (Å²) in [5.41, 5.74) is 7.96. The van der Waals surface area contributed by atoms with Gasteiger partial charge in [-0.2, -0.15) is 0 Å². The van der Waals surface area contributed by atoms with Crippen molar-refractivity contribution in [2.75, 3.05) is 19.5 Å². The fourth-order valence-electron chi connectivity index (χ4n) is 1.50. The lowest BCUT2D eigenvalue weighted by molar-refractivity contribution is 0.186. The third kappa shape index (κ3) is 3.70. The molecule has 1 aromatic rings. The molecular formula is C12H19NO2S. The molecule has 0 radical (unpaired) electrons. The standard InChI is InChI=1S/C12H19NO2S/c1-9-4-5-10(2)12(6-9)16(14)8-11(13)7-15-3/h4-6,11H,7-8,13H2,1-3H3. The van der Waals surface area contributed by atoms with Crippen molar-refractivity contribution >= 4 is 10.8 Å². The van der Waals surface area contributed by atoms with Gasteiger partial charge in [0.1, 0.15) is 0 Å². The highest BCUT2D eigenvalue weighted by Crippen LogP contribution is 2.15. The maximum absolute atomic E-state index is 12.1. The van der Waals surface area contributed by atoms with E-state index in [2.05, 4.69) is 0 Å². The van der Waals surface area contributed by atoms with Crippen molar-refractivity contribution in [3.8, 4) is 0 Å². The Labute approximate surface area is 99.4 Å². The molecule has 0 aliphatic heterocycles. The molecule has 0 aliphatic carbocycles. The monoisotopic (exact) mass is 241 g/mol. The van der Waals surface area contributed by atoms with Crippen molar-refractivity contribution in [1.82, 2.24) is 0 Å². The molecule has 0 saturated heterocycles. The number of hydrogen-bond acceptors (Lipinski definition) is 3. The number of rotatable bonds is 5. The van der Waals surface area contributed by atoms with Crippen molar-refractivity contribution in [3.63, 3.8) is 0 Å². The number of ether oxygens (including phenoxy) is 1. The Balaban J connectivity index is 2.76. The summed E-state index contributed by atoms with van der Waals surface area (Å²) in [5.74, 6) is 0.443. The molecule has 0 amide bonds. The second-order valence-corrected chi connectivity index (χ2v) is 5.46. The highest BCUT2D eigenvalue weighted by Gasteiger charge is 2.12. The SMILES string of the molecule is COCC(N)CS(=O)c1cc(C)ccc1C. The van der Waals surface area contributed by atoms with Gasteiger partial charge < -0.3 is 10.5 Å². The number of methoxy groups -OCH3 is 1. The molecule has 4 heteroatoms. The number of nitrogens with two attached hydrogens (primary N) is 1. The van der Waals surface area contributed by atoms with E-state index < -0.39 is 10.8 Å². The van der Waals surface area contributed by atoms with E-state index in [4.69, 9.17) is 10.5 Å². The van der Waals surface area contributed by atoms with Crippen LogP contribution < -0.4 is 5.73 Å². The number of benzene rings is 1. The minimum absolute atomic E-state index is 0.175. The Hall–Kier alpha value is -0.710. The van der Waals surface area contributed by atoms with E-state index >= 15 is 0 Å². The third-order valence-corrected chi connectivity index (χ3v) is 4.00. The van der Waals surface area contributed by atoms with Gasteiger partial charge in [-0.25, -0.2) is 0 Å². The molecule has 0 saturated carbocycles. The quantitative estimate of drug-likeness (QED) is 0.847. The van der Waals surface area contributed by atoms with Crippen LogP contribution in [-0.2, 0) is 15.5 Å². The smallest absolute Gasteiger partial charge is 0.0622 e. The van der Waals surface area contributed by atoms with Crippen LogP contribution in [0.15, 0.2) is 23.1 Å². The van der Waals surface area contributed by atoms with E-state index in [1.807, 2.05) is 32.0 Å². The van der Waals surface area contributed by atoms with E-state index in [-0.39, 0.29) is 6.04 Å². The van der Waals surface area contributed by atoms with Crippen molar-refractivity contribution < 1.29 is 8.95 Å². The van der Waals surface area contributed by atoms with E-state index in [1.165, 1.54) is 0 Å². The molecule has 0 bridgehead atoms. The molecule has 0 heterocycles. The van der Waals surface area contributed by atoms with Crippen molar-refractivity contribution in [1.29, 1.82) is 0 Å². The molecule has 0 aliphatic rings. The Bertz CT molecular complexity index is 379. The molecule has 90 valence electrons. The zero-order valence-electron chi connectivity index (χ0n) is 10.0. The van der Waals surface area contributed by atoms with Gasteiger partial charge in [0.05, 0.1) is 17.4 Å². The van der Waals surface area contributed by atoms with Crippen LogP contribution in [0, 0.1) is 13.8 Å². The lowest BCUT2D eigenvalue weighted by Gasteiger charge is -2.12. The van der Waals surface area contributed by atoms with Gasteiger partial charge in [0, 0.05) is 23.8 Å². The summed E-state index contributed by atoms with van der Waals surface area (Å²) in [5, 5.41) is 0. The van der Waals surface area contributed by atoms with Gasteiger partial charge in [-0.05, 0) is 31.0 Å². The first-order chi connectivity index (χ1) is 7.54. The zero-order valence-corrected chi connectivity index (χ0v) is 10.8. The van der Waals surface area contributed by atoms with E-state index in [1.54, 1.807) is 7.11 Å². The van der Waals surface area contributed by atoms with Gasteiger partial charge in [0.2, 0.25) is 0 Å². The van der Waals surface area contributed by atoms with Crippen LogP contribution >= 0.6 is 0 Å². The van der Waals surface area contributed by atoms with Crippen LogP contribution in [0.2, 0.25) is 0 Å². The van der Waals surface area contributed by atoms with Gasteiger partial charge in [-0.1, -0.05) is 12.1 Å². The highest BCUT2D eigenvalue weighted by molar-refractivity contribution is 7.85. The van der Waals surface area contributed by atoms with Crippen molar-refractivity contribution in [2.24, 2.45) is 5.73 Å². The summed E-state index contributed by atoms with van der Waals surface area (Å²) in [4.78, 5) is 0.881. The van der Waals surface area contributed by atoms with Crippen LogP contribution in [0.4, 0.5) is 0 Å². The number of hydrogen-bond donors (Lipinski definition) is 1. The molecule has 0 fully saturated rings. The largest absolute Gasteiger partial charge is 0.383 e. The van der Waals surface area contributed by atoms with E-state index in [9.17, 15) is 4.21 Å². The molecular weight excluding hydrogens is 222 g/mol. The van der Waals surface area contributed by atoms with Crippen LogP contribution in [-0.4, -0.2) is 29.7 Å². The molecule has 0 aromatic heterocycles. The Kier molecular flexibility index (Phi) is 5.12. The predicted octanol–water partition coefficient (Wildman–Crippen LogP) is 1.38. The first-order valence-corrected chi connectivity index (χ1v) is 6.56. The van der Waals surface area contributed by atoms with Gasteiger partial charge in [0.15, 0.2) is 0 Å². The molecule has 1 aromatic carbocycles. The molecule has 2 unspecified atom stereocenters. The summed E-state index contributed by atoms with van der Waals surface area (Å²) in [6.07, 6.45) is 0. The third-order valence-electron chi connectivity index (χ3n) is 2.34. The normalized spacial score (nSPS) is 14.8. The second-order valence-electron chi connectivity index (χ2n) is 4.00. The fraction of sp³-hybridized carbons (Fsp3) is 0.500. The first kappa shape index (κ1) is 13.4. The van der Waals surface area contributed by atoms with Crippen LogP contribution in [0.5, 0.6) is 0 Å². The molecule has 2 N–H and O–H groups in total. The van der Waals surface area contributed by atoms with E-state index in [0.29, 0.717) is 12.4 Å². The number of aryl methyl sites for hydroxylation is 2. The van der Waals surface area contributed by atoms with Crippen molar-refractivity contribution in [3.05, 3.63) is 29.3 Å². The van der Waals surface area contributed by atoms with Gasteiger partial charge >= 0.3 is 0 Å². The lowest BCUT2D eigenvalue weighted by atomic mass is 10.2. The molecule has 2 atom stereocenters.